The van der Waals surface area contributed by atoms with Crippen molar-refractivity contribution in [3.8, 4) is 5.75 Å². The van der Waals surface area contributed by atoms with Crippen LogP contribution in [0.1, 0.15) is 16.4 Å². The number of fused-ring (bicyclic) bond motifs is 2. The van der Waals surface area contributed by atoms with E-state index in [9.17, 15) is 19.2 Å². The second kappa shape index (κ2) is 8.53. The maximum Gasteiger partial charge on any atom is 0.308 e. The number of nitrogens with zero attached hydrogens (tertiary/aromatic N) is 1. The molecule has 3 atom stereocenters. The number of benzene rings is 2. The molecule has 33 heavy (non-hydrogen) atoms. The van der Waals surface area contributed by atoms with Crippen molar-refractivity contribution in [2.24, 2.45) is 5.92 Å². The standard InChI is InChI=1S/C23H19N3O5S2/c1-31-14-9-7-13(8-10-14)24-15(27)11-26-22-19(33-23(26)30)16(12-5-3-2-4-6-12)17-18(32-22)21(29)25-20(17)28/h2-10,16-18H,11H2,1H3,(H,24,27)(H,25,28,29)/t16-,17+,18-/m0/s1. The van der Waals surface area contributed by atoms with Crippen molar-refractivity contribution in [3.05, 3.63) is 74.7 Å². The van der Waals surface area contributed by atoms with Gasteiger partial charge in [-0.2, -0.15) is 0 Å². The van der Waals surface area contributed by atoms with E-state index in [1.54, 1.807) is 31.4 Å². The SMILES string of the molecule is COc1ccc(NC(=O)Cn2c3c(sc2=O)[C@@H](c2ccccc2)[C@H]2C(=O)NC(=O)[C@H]2S3)cc1. The number of hydrogen-bond acceptors (Lipinski definition) is 7. The normalized spacial score (nSPS) is 21.2. The summed E-state index contributed by atoms with van der Waals surface area (Å²) in [4.78, 5) is 51.2. The first-order valence-corrected chi connectivity index (χ1v) is 11.9. The number of ether oxygens (including phenoxy) is 1. The van der Waals surface area contributed by atoms with Crippen molar-refractivity contribution in [3.63, 3.8) is 0 Å². The fraction of sp³-hybridized carbons (Fsp3) is 0.217. The molecule has 168 valence electrons. The molecule has 1 saturated heterocycles. The van der Waals surface area contributed by atoms with Crippen molar-refractivity contribution in [1.82, 2.24) is 9.88 Å². The summed E-state index contributed by atoms with van der Waals surface area (Å²) in [6.07, 6.45) is 0. The first-order valence-electron chi connectivity index (χ1n) is 10.2. The van der Waals surface area contributed by atoms with Gasteiger partial charge in [-0.05, 0) is 29.8 Å². The lowest BCUT2D eigenvalue weighted by Gasteiger charge is -2.30. The van der Waals surface area contributed by atoms with E-state index in [-0.39, 0.29) is 29.1 Å². The lowest BCUT2D eigenvalue weighted by Crippen LogP contribution is -2.32. The quantitative estimate of drug-likeness (QED) is 0.542. The Morgan fingerprint density at radius 2 is 1.79 bits per heavy atom. The summed E-state index contributed by atoms with van der Waals surface area (Å²) in [6.45, 7) is -0.196. The average molecular weight is 482 g/mol. The van der Waals surface area contributed by atoms with E-state index in [0.29, 0.717) is 21.3 Å². The number of anilines is 1. The Morgan fingerprint density at radius 1 is 1.06 bits per heavy atom. The molecule has 2 aliphatic heterocycles. The number of aromatic nitrogens is 1. The van der Waals surface area contributed by atoms with Crippen LogP contribution in [0, 0.1) is 5.92 Å². The number of carbonyl (C=O) groups is 3. The number of carbonyl (C=O) groups excluding carboxylic acids is 3. The van der Waals surface area contributed by atoms with Crippen molar-refractivity contribution in [1.29, 1.82) is 0 Å². The van der Waals surface area contributed by atoms with Crippen LogP contribution in [0.2, 0.25) is 0 Å². The molecule has 3 amide bonds. The molecule has 1 aromatic heterocycles. The number of imide groups is 1. The number of rotatable bonds is 5. The van der Waals surface area contributed by atoms with Crippen molar-refractivity contribution in [2.75, 3.05) is 12.4 Å². The summed E-state index contributed by atoms with van der Waals surface area (Å²) < 4.78 is 6.51. The van der Waals surface area contributed by atoms with Gasteiger partial charge >= 0.3 is 4.87 Å². The van der Waals surface area contributed by atoms with Crippen LogP contribution in [0.3, 0.4) is 0 Å². The smallest absolute Gasteiger partial charge is 0.308 e. The minimum absolute atomic E-state index is 0.196. The molecule has 3 heterocycles. The molecular weight excluding hydrogens is 462 g/mol. The largest absolute Gasteiger partial charge is 0.497 e. The topological polar surface area (TPSA) is 106 Å². The maximum atomic E-state index is 12.9. The Hall–Kier alpha value is -3.37. The highest BCUT2D eigenvalue weighted by Gasteiger charge is 2.52. The molecule has 1 fully saturated rings. The van der Waals surface area contributed by atoms with Gasteiger partial charge in [-0.3, -0.25) is 29.1 Å². The zero-order chi connectivity index (χ0) is 23.1. The third-order valence-corrected chi connectivity index (χ3v) is 8.34. The Labute approximate surface area is 197 Å². The molecule has 10 heteroatoms. The predicted molar refractivity (Wildman–Crippen MR) is 125 cm³/mol. The zero-order valence-corrected chi connectivity index (χ0v) is 19.1. The van der Waals surface area contributed by atoms with E-state index in [2.05, 4.69) is 10.6 Å². The lowest BCUT2D eigenvalue weighted by atomic mass is 9.83. The molecule has 8 nitrogen and oxygen atoms in total. The summed E-state index contributed by atoms with van der Waals surface area (Å²) in [5.74, 6) is -1.43. The third-order valence-electron chi connectivity index (χ3n) is 5.72. The van der Waals surface area contributed by atoms with Crippen LogP contribution in [0.5, 0.6) is 5.75 Å². The molecule has 0 bridgehead atoms. The molecule has 0 saturated carbocycles. The van der Waals surface area contributed by atoms with E-state index >= 15 is 0 Å². The summed E-state index contributed by atoms with van der Waals surface area (Å²) in [6, 6.07) is 16.3. The van der Waals surface area contributed by atoms with E-state index in [4.69, 9.17) is 4.74 Å². The van der Waals surface area contributed by atoms with Crippen LogP contribution >= 0.6 is 23.1 Å². The molecule has 3 aromatic rings. The van der Waals surface area contributed by atoms with E-state index < -0.39 is 17.1 Å². The highest BCUT2D eigenvalue weighted by Crippen LogP contribution is 2.51. The number of methoxy groups -OCH3 is 1. The lowest BCUT2D eigenvalue weighted by molar-refractivity contribution is -0.126. The zero-order valence-electron chi connectivity index (χ0n) is 17.4. The second-order valence-electron chi connectivity index (χ2n) is 7.71. The average Bonchev–Trinajstić information content (AvgIpc) is 3.28. The minimum atomic E-state index is -0.653. The van der Waals surface area contributed by atoms with Crippen LogP contribution in [-0.2, 0) is 20.9 Å². The van der Waals surface area contributed by atoms with Crippen molar-refractivity contribution >= 4 is 46.5 Å². The molecule has 2 aromatic carbocycles. The van der Waals surface area contributed by atoms with Gasteiger partial charge < -0.3 is 10.1 Å². The highest BCUT2D eigenvalue weighted by molar-refractivity contribution is 8.00. The first-order chi connectivity index (χ1) is 16.0. The molecule has 2 aliphatic rings. The Balaban J connectivity index is 1.49. The molecule has 5 rings (SSSR count). The van der Waals surface area contributed by atoms with Gasteiger partial charge in [0, 0.05) is 16.5 Å². The second-order valence-corrected chi connectivity index (χ2v) is 9.83. The molecule has 2 N–H and O–H groups in total. The van der Waals surface area contributed by atoms with Crippen LogP contribution < -0.4 is 20.2 Å². The fourth-order valence-electron chi connectivity index (χ4n) is 4.21. The Morgan fingerprint density at radius 3 is 2.48 bits per heavy atom. The molecule has 0 aliphatic carbocycles. The molecule has 0 radical (unpaired) electrons. The molecule has 0 spiro atoms. The monoisotopic (exact) mass is 481 g/mol. The van der Waals surface area contributed by atoms with Crippen LogP contribution in [0.15, 0.2) is 64.4 Å². The number of hydrogen-bond donors (Lipinski definition) is 2. The summed E-state index contributed by atoms with van der Waals surface area (Å²) in [5.41, 5.74) is 1.43. The number of amides is 3. The fourth-order valence-corrected chi connectivity index (χ4v) is 6.95. The summed E-state index contributed by atoms with van der Waals surface area (Å²) in [5, 5.41) is 5.12. The molecular formula is C23H19N3O5S2. The summed E-state index contributed by atoms with van der Waals surface area (Å²) in [7, 11) is 1.56. The predicted octanol–water partition coefficient (Wildman–Crippen LogP) is 2.44. The van der Waals surface area contributed by atoms with E-state index in [1.807, 2.05) is 30.3 Å². The highest BCUT2D eigenvalue weighted by atomic mass is 32.2. The van der Waals surface area contributed by atoms with Gasteiger partial charge in [0.15, 0.2) is 0 Å². The third kappa shape index (κ3) is 3.85. The number of thiazole rings is 1. The number of thioether (sulfide) groups is 1. The van der Waals surface area contributed by atoms with Gasteiger partial charge in [0.2, 0.25) is 17.7 Å². The van der Waals surface area contributed by atoms with Gasteiger partial charge in [0.25, 0.3) is 0 Å². The Kier molecular flexibility index (Phi) is 5.55. The van der Waals surface area contributed by atoms with Crippen molar-refractivity contribution in [2.45, 2.75) is 22.7 Å². The first kappa shape index (κ1) is 21.5. The van der Waals surface area contributed by atoms with Gasteiger partial charge in [0.1, 0.15) is 17.5 Å². The van der Waals surface area contributed by atoms with Gasteiger partial charge in [-0.1, -0.05) is 53.4 Å². The minimum Gasteiger partial charge on any atom is -0.497 e. The van der Waals surface area contributed by atoms with Crippen LogP contribution in [-0.4, -0.2) is 34.6 Å². The van der Waals surface area contributed by atoms with Gasteiger partial charge in [0.05, 0.1) is 18.1 Å². The maximum absolute atomic E-state index is 12.9. The van der Waals surface area contributed by atoms with Crippen molar-refractivity contribution < 1.29 is 19.1 Å². The van der Waals surface area contributed by atoms with Crippen LogP contribution in [0.4, 0.5) is 5.69 Å². The summed E-state index contributed by atoms with van der Waals surface area (Å²) >= 11 is 2.21. The molecule has 0 unspecified atom stereocenters. The van der Waals surface area contributed by atoms with E-state index in [1.165, 1.54) is 16.3 Å². The van der Waals surface area contributed by atoms with E-state index in [0.717, 1.165) is 16.9 Å². The van der Waals surface area contributed by atoms with Crippen LogP contribution in [0.25, 0.3) is 0 Å². The number of nitrogens with one attached hydrogen (secondary N) is 2. The van der Waals surface area contributed by atoms with Gasteiger partial charge in [-0.15, -0.1) is 0 Å². The van der Waals surface area contributed by atoms with Gasteiger partial charge in [-0.25, -0.2) is 0 Å². The Bertz CT molecular complexity index is 1300.